The largest absolute Gasteiger partial charge is 0.480 e. The minimum atomic E-state index is -1.75. The number of nitrogens with one attached hydrogen (secondary N) is 23. The Bertz CT molecular complexity index is 4180. The molecule has 1 aromatic rings. The summed E-state index contributed by atoms with van der Waals surface area (Å²) in [5.41, 5.74) is 34.3. The summed E-state index contributed by atoms with van der Waals surface area (Å²) in [5.74, 6) is -21.9. The molecule has 0 aliphatic rings. The molecule has 0 heterocycles. The van der Waals surface area contributed by atoms with Crippen LogP contribution in [0.5, 0.6) is 0 Å². The van der Waals surface area contributed by atoms with Crippen LogP contribution in [0.2, 0.25) is 0 Å². The molecule has 1 rings (SSSR count). The molecule has 49 heteroatoms. The van der Waals surface area contributed by atoms with Gasteiger partial charge in [0.1, 0.15) is 78.5 Å². The van der Waals surface area contributed by atoms with Gasteiger partial charge in [-0.05, 0) is 125 Å². The topological polar surface area (TPSA) is 813 Å². The third-order valence-electron chi connectivity index (χ3n) is 22.7. The fourth-order valence-corrected chi connectivity index (χ4v) is 13.6. The lowest BCUT2D eigenvalue weighted by Crippen LogP contribution is -2.60. The third kappa shape index (κ3) is 48.3. The summed E-state index contributed by atoms with van der Waals surface area (Å²) in [5, 5.41) is 83.4. The van der Waals surface area contributed by atoms with Crippen molar-refractivity contribution >= 4 is 130 Å². The van der Waals surface area contributed by atoms with Gasteiger partial charge in [0, 0.05) is 26.1 Å². The zero-order valence-electron chi connectivity index (χ0n) is 81.6. The van der Waals surface area contributed by atoms with Crippen molar-refractivity contribution < 1.29 is 96.2 Å². The molecule has 772 valence electrons. The summed E-state index contributed by atoms with van der Waals surface area (Å²) in [7, 11) is 0. The maximum absolute atomic E-state index is 14.4. The van der Waals surface area contributed by atoms with E-state index in [2.05, 4.69) is 106 Å². The molecule has 0 spiro atoms. The van der Waals surface area contributed by atoms with E-state index >= 15 is 0 Å². The van der Waals surface area contributed by atoms with Gasteiger partial charge in [-0.15, -0.1) is 0 Å². The minimum Gasteiger partial charge on any atom is -0.480 e. The zero-order chi connectivity index (χ0) is 104. The summed E-state index contributed by atoms with van der Waals surface area (Å²) in [6, 6.07) is -10.6. The standard InChI is InChI=1S/C88H155N29O20/c1-16-48(11)66(91)80(131)110-56(30-23-24-34-89)78(129)117-70(50(13)18-3)82(133)104-44-65(122)113-71(51(14)19-4)84(135)112-60(40-61(90)118)74(125)102-42-64(121)108-59(39-53-28-21-20-22-29-53)73(124)101-41-62(119)107-55(32-26-36-99-87(94)95)76(127)116-69(49(12)17-2)81(132)103-43-63(120)106-54(31-25-35-98-86(92)93)75(126)111-58(38-45(5)6)79(130)114-67(46(7)8)83(134)105-52(15)72(123)109-57(33-27-37-100-88(96)97)77(128)115-68(47(9)10)85(136)137/h20-22,28-29,45-52,54-60,66-71H,16-19,23-27,30-44,89,91H2,1-15H3,(H2,90,118)(H,101,124)(H,102,125)(H,103,132)(H,104,133)(H,105,134)(H,106,120)(H,107,119)(H,108,121)(H,109,123)(H,110,131)(H,111,126)(H,112,135)(H,113,122)(H,114,130)(H,115,128)(H,116,127)(H,117,129)(H,136,137)(H4,92,93,98)(H4,94,95,99)(H4,96,97,100)/t48-,49-,50-,51-,52-,54-,55-,56-,57-,58-,59-,60-,66-,67-,68-,69-,70-,71-/m0/s1. The highest BCUT2D eigenvalue weighted by atomic mass is 16.4. The van der Waals surface area contributed by atoms with Gasteiger partial charge in [-0.3, -0.25) is 103 Å². The molecule has 18 amide bonds. The van der Waals surface area contributed by atoms with Crippen LogP contribution < -0.4 is 141 Å². The molecule has 0 aliphatic heterocycles. The average molecular weight is 1940 g/mol. The number of carbonyl (C=O) groups is 19. The number of benzene rings is 1. The Kier molecular flexibility index (Phi) is 57.6. The van der Waals surface area contributed by atoms with Crippen molar-refractivity contribution in [2.24, 2.45) is 75.8 Å². The molecule has 36 N–H and O–H groups in total. The predicted octanol–water partition coefficient (Wildman–Crippen LogP) is -6.24. The monoisotopic (exact) mass is 1940 g/mol. The minimum absolute atomic E-state index is 0.0152. The lowest BCUT2D eigenvalue weighted by Gasteiger charge is -2.29. The van der Waals surface area contributed by atoms with Gasteiger partial charge in [0.2, 0.25) is 106 Å². The normalized spacial score (nSPS) is 15.0. The lowest BCUT2D eigenvalue weighted by molar-refractivity contribution is -0.143. The second kappa shape index (κ2) is 64.8. The Hall–Kier alpha value is -13.1. The maximum Gasteiger partial charge on any atom is 0.326 e. The summed E-state index contributed by atoms with van der Waals surface area (Å²) in [6.07, 6.45) is 1.65. The lowest BCUT2D eigenvalue weighted by atomic mass is 9.96. The van der Waals surface area contributed by atoms with E-state index in [1.54, 1.807) is 120 Å². The Morgan fingerprint density at radius 3 is 1.04 bits per heavy atom. The molecule has 1 aromatic carbocycles. The molecule has 0 aromatic heterocycles. The van der Waals surface area contributed by atoms with Gasteiger partial charge < -0.3 is 146 Å². The molecule has 0 saturated carbocycles. The molecular formula is C88H155N29O20. The second-order valence-corrected chi connectivity index (χ2v) is 35.3. The van der Waals surface area contributed by atoms with E-state index in [9.17, 15) is 96.2 Å². The van der Waals surface area contributed by atoms with E-state index in [0.717, 1.165) is 0 Å². The zero-order valence-corrected chi connectivity index (χ0v) is 81.6. The van der Waals surface area contributed by atoms with Crippen molar-refractivity contribution in [3.8, 4) is 0 Å². The van der Waals surface area contributed by atoms with Crippen LogP contribution >= 0.6 is 0 Å². The molecule has 0 saturated heterocycles. The van der Waals surface area contributed by atoms with Gasteiger partial charge in [-0.25, -0.2) is 4.79 Å². The van der Waals surface area contributed by atoms with Crippen molar-refractivity contribution in [3.63, 3.8) is 0 Å². The number of hydrogen-bond donors (Lipinski definition) is 30. The van der Waals surface area contributed by atoms with Crippen LogP contribution in [0.15, 0.2) is 30.3 Å². The number of carboxylic acid groups (broad SMARTS) is 1. The summed E-state index contributed by atoms with van der Waals surface area (Å²) < 4.78 is 0. The van der Waals surface area contributed by atoms with Crippen molar-refractivity contribution in [2.75, 3.05) is 52.4 Å². The number of hydrogen-bond acceptors (Lipinski definition) is 24. The van der Waals surface area contributed by atoms with Gasteiger partial charge >= 0.3 is 5.97 Å². The second-order valence-electron chi connectivity index (χ2n) is 35.3. The van der Waals surface area contributed by atoms with E-state index in [0.29, 0.717) is 37.8 Å². The summed E-state index contributed by atoms with van der Waals surface area (Å²) in [6.45, 7) is 22.2. The highest BCUT2D eigenvalue weighted by Crippen LogP contribution is 2.17. The molecule has 0 aliphatic carbocycles. The molecule has 18 atom stereocenters. The van der Waals surface area contributed by atoms with E-state index in [1.165, 1.54) is 6.92 Å². The average Bonchev–Trinajstić information content (AvgIpc) is 0.880. The summed E-state index contributed by atoms with van der Waals surface area (Å²) >= 11 is 0. The molecule has 49 nitrogen and oxygen atoms in total. The Labute approximate surface area is 800 Å². The number of amides is 18. The molecule has 0 unspecified atom stereocenters. The van der Waals surface area contributed by atoms with Crippen molar-refractivity contribution in [1.82, 2.24) is 106 Å². The van der Waals surface area contributed by atoms with Crippen LogP contribution in [0, 0.1) is 57.7 Å². The smallest absolute Gasteiger partial charge is 0.326 e. The molecule has 137 heavy (non-hydrogen) atoms. The number of carbonyl (C=O) groups excluding carboxylic acids is 18. The first-order valence-corrected chi connectivity index (χ1v) is 46.6. The molecule has 0 bridgehead atoms. The Balaban J connectivity index is 3.47. The highest BCUT2D eigenvalue weighted by molar-refractivity contribution is 6.01. The fourth-order valence-electron chi connectivity index (χ4n) is 13.6. The van der Waals surface area contributed by atoms with Crippen LogP contribution in [-0.4, -0.2) is 272 Å². The Morgan fingerprint density at radius 2 is 0.657 bits per heavy atom. The molecule has 0 fully saturated rings. The number of unbranched alkanes of at least 4 members (excludes halogenated alkanes) is 1. The Morgan fingerprint density at radius 1 is 0.328 bits per heavy atom. The van der Waals surface area contributed by atoms with Crippen LogP contribution in [0.4, 0.5) is 0 Å². The van der Waals surface area contributed by atoms with Crippen molar-refractivity contribution in [3.05, 3.63) is 35.9 Å². The van der Waals surface area contributed by atoms with Gasteiger partial charge in [0.25, 0.3) is 0 Å². The number of aliphatic carboxylic acids is 1. The fraction of sp³-hybridized carbons (Fsp3) is 0.682. The van der Waals surface area contributed by atoms with Gasteiger partial charge in [0.05, 0.1) is 38.6 Å². The van der Waals surface area contributed by atoms with E-state index < -0.39 is 271 Å². The number of carboxylic acids is 1. The predicted molar refractivity (Wildman–Crippen MR) is 510 cm³/mol. The van der Waals surface area contributed by atoms with Gasteiger partial charge in [0.15, 0.2) is 17.9 Å². The summed E-state index contributed by atoms with van der Waals surface area (Å²) in [4.78, 5) is 261. The van der Waals surface area contributed by atoms with Crippen LogP contribution in [0.1, 0.15) is 206 Å². The van der Waals surface area contributed by atoms with Gasteiger partial charge in [-0.2, -0.15) is 0 Å². The molecular weight excluding hydrogens is 1780 g/mol. The SMILES string of the molecule is CC[C@H](C)[C@H](N)C(=O)N[C@@H](CCCCN)C(=O)N[C@H](C(=O)NCC(=O)N[C@H](C(=O)N[C@@H](CC(N)=O)C(=O)NCC(=O)N[C@@H](Cc1ccccc1)C(=O)NCC(=O)N[C@@H](CCCNC(=N)N)C(=O)N[C@H](C(=O)NCC(=O)N[C@@H](CCCNC(=N)N)C(=O)N[C@@H](CC(C)C)C(=O)N[C@H](C(=O)N[C@@H](C)C(=O)N[C@@H](CCCNC(=N)N)C(=O)N[C@H](C(=O)O)C(C)C)C(C)C)[C@@H](C)CC)[C@@H](C)CC)[C@@H](C)CC. The quantitative estimate of drug-likeness (QED) is 0.0164. The maximum atomic E-state index is 14.4. The number of primary amides is 1. The van der Waals surface area contributed by atoms with E-state index in [1.807, 2.05) is 6.92 Å². The van der Waals surface area contributed by atoms with E-state index in [-0.39, 0.29) is 108 Å². The van der Waals surface area contributed by atoms with E-state index in [4.69, 9.17) is 50.6 Å². The number of nitrogens with two attached hydrogens (primary N) is 6. The number of rotatable bonds is 67. The van der Waals surface area contributed by atoms with Crippen molar-refractivity contribution in [2.45, 2.75) is 291 Å². The third-order valence-corrected chi connectivity index (χ3v) is 22.7. The van der Waals surface area contributed by atoms with Crippen molar-refractivity contribution in [1.29, 1.82) is 16.2 Å². The first-order chi connectivity index (χ1) is 64.4. The number of guanidine groups is 3. The van der Waals surface area contributed by atoms with Crippen LogP contribution in [0.25, 0.3) is 0 Å². The first kappa shape index (κ1) is 122. The van der Waals surface area contributed by atoms with Crippen LogP contribution in [0.3, 0.4) is 0 Å². The van der Waals surface area contributed by atoms with Crippen LogP contribution in [-0.2, 0) is 97.5 Å². The first-order valence-electron chi connectivity index (χ1n) is 46.6. The highest BCUT2D eigenvalue weighted by Gasteiger charge is 2.39. The van der Waals surface area contributed by atoms with Gasteiger partial charge in [-0.1, -0.05) is 153 Å². The molecule has 0 radical (unpaired) electrons.